The van der Waals surface area contributed by atoms with Crippen LogP contribution in [0.4, 0.5) is 5.69 Å². The number of nitrogens with zero attached hydrogens (tertiary/aromatic N) is 3. The molecule has 1 aliphatic heterocycles. The van der Waals surface area contributed by atoms with Crippen molar-refractivity contribution in [3.05, 3.63) is 29.3 Å². The second-order valence-corrected chi connectivity index (χ2v) is 3.99. The summed E-state index contributed by atoms with van der Waals surface area (Å²) >= 11 is 0. The highest BCUT2D eigenvalue weighted by Gasteiger charge is 2.13. The van der Waals surface area contributed by atoms with Crippen LogP contribution in [0.3, 0.4) is 0 Å². The molecule has 1 aromatic carbocycles. The molecule has 0 saturated carbocycles. The van der Waals surface area contributed by atoms with Gasteiger partial charge in [-0.05, 0) is 30.0 Å². The van der Waals surface area contributed by atoms with Crippen molar-refractivity contribution < 1.29 is 0 Å². The SMILES string of the molecule is CN=NCc1ccc2c(c1)CCCN2C. The summed E-state index contributed by atoms with van der Waals surface area (Å²) in [6.45, 7) is 1.87. The fraction of sp³-hybridized carbons (Fsp3) is 0.500. The van der Waals surface area contributed by atoms with E-state index in [2.05, 4.69) is 40.4 Å². The van der Waals surface area contributed by atoms with Crippen LogP contribution >= 0.6 is 0 Å². The van der Waals surface area contributed by atoms with Crippen molar-refractivity contribution in [2.24, 2.45) is 10.2 Å². The van der Waals surface area contributed by atoms with Gasteiger partial charge >= 0.3 is 0 Å². The van der Waals surface area contributed by atoms with Gasteiger partial charge in [-0.15, -0.1) is 0 Å². The van der Waals surface area contributed by atoms with Gasteiger partial charge in [0.25, 0.3) is 0 Å². The minimum atomic E-state index is 0.702. The van der Waals surface area contributed by atoms with Gasteiger partial charge in [-0.3, -0.25) is 0 Å². The minimum absolute atomic E-state index is 0.702. The second-order valence-electron chi connectivity index (χ2n) is 3.99. The van der Waals surface area contributed by atoms with E-state index in [9.17, 15) is 0 Å². The van der Waals surface area contributed by atoms with Crippen LogP contribution < -0.4 is 4.90 Å². The molecular formula is C12H17N3. The highest BCUT2D eigenvalue weighted by Crippen LogP contribution is 2.26. The number of anilines is 1. The van der Waals surface area contributed by atoms with Crippen molar-refractivity contribution in [3.8, 4) is 0 Å². The van der Waals surface area contributed by atoms with E-state index < -0.39 is 0 Å². The maximum absolute atomic E-state index is 4.02. The summed E-state index contributed by atoms with van der Waals surface area (Å²) in [5.41, 5.74) is 4.08. The smallest absolute Gasteiger partial charge is 0.0849 e. The second kappa shape index (κ2) is 4.43. The Bertz CT molecular complexity index is 371. The highest BCUT2D eigenvalue weighted by molar-refractivity contribution is 5.56. The average Bonchev–Trinajstić information content (AvgIpc) is 2.26. The molecule has 3 nitrogen and oxygen atoms in total. The first-order chi connectivity index (χ1) is 7.31. The fourth-order valence-corrected chi connectivity index (χ4v) is 2.09. The first-order valence-corrected chi connectivity index (χ1v) is 5.40. The molecule has 2 rings (SSSR count). The zero-order chi connectivity index (χ0) is 10.7. The Kier molecular flexibility index (Phi) is 2.99. The molecule has 0 unspecified atom stereocenters. The van der Waals surface area contributed by atoms with Crippen LogP contribution in [-0.4, -0.2) is 20.6 Å². The van der Waals surface area contributed by atoms with E-state index in [4.69, 9.17) is 0 Å². The van der Waals surface area contributed by atoms with Crippen LogP contribution in [0.2, 0.25) is 0 Å². The number of rotatable bonds is 2. The molecule has 1 heterocycles. The molecular weight excluding hydrogens is 186 g/mol. The van der Waals surface area contributed by atoms with Gasteiger partial charge in [0.1, 0.15) is 0 Å². The summed E-state index contributed by atoms with van der Waals surface area (Å²) in [5.74, 6) is 0. The molecule has 0 atom stereocenters. The number of hydrogen-bond acceptors (Lipinski definition) is 3. The molecule has 1 aliphatic rings. The normalized spacial score (nSPS) is 15.7. The van der Waals surface area contributed by atoms with E-state index in [1.807, 2.05) is 0 Å². The predicted molar refractivity (Wildman–Crippen MR) is 62.5 cm³/mol. The molecule has 15 heavy (non-hydrogen) atoms. The third-order valence-electron chi connectivity index (χ3n) is 2.89. The maximum atomic E-state index is 4.02. The number of fused-ring (bicyclic) bond motifs is 1. The van der Waals surface area contributed by atoms with Crippen molar-refractivity contribution in [2.75, 3.05) is 25.5 Å². The molecule has 0 spiro atoms. The number of aryl methyl sites for hydroxylation is 1. The average molecular weight is 203 g/mol. The van der Waals surface area contributed by atoms with E-state index in [0.29, 0.717) is 6.54 Å². The standard InChI is InChI=1S/C12H17N3/c1-13-14-9-10-5-6-12-11(8-10)4-3-7-15(12)2/h5-6,8H,3-4,7,9H2,1-2H3. The lowest BCUT2D eigenvalue weighted by Gasteiger charge is -2.27. The van der Waals surface area contributed by atoms with E-state index >= 15 is 0 Å². The van der Waals surface area contributed by atoms with Gasteiger partial charge < -0.3 is 4.90 Å². The summed E-state index contributed by atoms with van der Waals surface area (Å²) < 4.78 is 0. The predicted octanol–water partition coefficient (Wildman–Crippen LogP) is 2.65. The molecule has 0 amide bonds. The monoisotopic (exact) mass is 203 g/mol. The van der Waals surface area contributed by atoms with Crippen LogP contribution in [0.1, 0.15) is 17.5 Å². The zero-order valence-electron chi connectivity index (χ0n) is 9.40. The van der Waals surface area contributed by atoms with Crippen molar-refractivity contribution in [2.45, 2.75) is 19.4 Å². The lowest BCUT2D eigenvalue weighted by atomic mass is 10.00. The summed E-state index contributed by atoms with van der Waals surface area (Å²) in [7, 11) is 3.87. The Balaban J connectivity index is 2.25. The van der Waals surface area contributed by atoms with E-state index in [1.165, 1.54) is 36.2 Å². The molecule has 0 N–H and O–H groups in total. The van der Waals surface area contributed by atoms with Crippen LogP contribution in [0.5, 0.6) is 0 Å². The molecule has 0 saturated heterocycles. The summed E-state index contributed by atoms with van der Waals surface area (Å²) in [6, 6.07) is 6.62. The lowest BCUT2D eigenvalue weighted by Crippen LogP contribution is -2.24. The number of azo groups is 1. The van der Waals surface area contributed by atoms with Gasteiger partial charge in [0.2, 0.25) is 0 Å². The van der Waals surface area contributed by atoms with Gasteiger partial charge in [-0.25, -0.2) is 0 Å². The van der Waals surface area contributed by atoms with Gasteiger partial charge in [0.15, 0.2) is 0 Å². The number of hydrogen-bond donors (Lipinski definition) is 0. The topological polar surface area (TPSA) is 28.0 Å². The Hall–Kier alpha value is -1.38. The highest BCUT2D eigenvalue weighted by atomic mass is 15.1. The van der Waals surface area contributed by atoms with E-state index in [1.54, 1.807) is 7.05 Å². The molecule has 0 radical (unpaired) electrons. The first kappa shape index (κ1) is 10.1. The van der Waals surface area contributed by atoms with Gasteiger partial charge in [0.05, 0.1) is 6.54 Å². The van der Waals surface area contributed by atoms with Crippen molar-refractivity contribution in [1.82, 2.24) is 0 Å². The van der Waals surface area contributed by atoms with E-state index in [-0.39, 0.29) is 0 Å². The third kappa shape index (κ3) is 2.17. The van der Waals surface area contributed by atoms with Crippen LogP contribution in [0.25, 0.3) is 0 Å². The largest absolute Gasteiger partial charge is 0.374 e. The molecule has 0 fully saturated rings. The first-order valence-electron chi connectivity index (χ1n) is 5.40. The fourth-order valence-electron chi connectivity index (χ4n) is 2.09. The zero-order valence-corrected chi connectivity index (χ0v) is 9.40. The molecule has 0 aliphatic carbocycles. The van der Waals surface area contributed by atoms with Gasteiger partial charge in [-0.2, -0.15) is 10.2 Å². The molecule has 80 valence electrons. The Morgan fingerprint density at radius 3 is 3.07 bits per heavy atom. The quantitative estimate of drug-likeness (QED) is 0.679. The minimum Gasteiger partial charge on any atom is -0.374 e. The third-order valence-corrected chi connectivity index (χ3v) is 2.89. The van der Waals surface area contributed by atoms with Crippen molar-refractivity contribution in [1.29, 1.82) is 0 Å². The lowest BCUT2D eigenvalue weighted by molar-refractivity contribution is 0.742. The summed E-state index contributed by atoms with van der Waals surface area (Å²) in [5, 5.41) is 7.79. The molecule has 0 aromatic heterocycles. The Morgan fingerprint density at radius 2 is 2.27 bits per heavy atom. The van der Waals surface area contributed by atoms with Crippen molar-refractivity contribution >= 4 is 5.69 Å². The van der Waals surface area contributed by atoms with Crippen molar-refractivity contribution in [3.63, 3.8) is 0 Å². The Labute approximate surface area is 90.8 Å². The van der Waals surface area contributed by atoms with Crippen LogP contribution in [-0.2, 0) is 13.0 Å². The Morgan fingerprint density at radius 1 is 1.40 bits per heavy atom. The summed E-state index contributed by atoms with van der Waals surface area (Å²) in [4.78, 5) is 2.32. The molecule has 3 heteroatoms. The summed E-state index contributed by atoms with van der Waals surface area (Å²) in [6.07, 6.45) is 2.44. The molecule has 1 aromatic rings. The van der Waals surface area contributed by atoms with Crippen LogP contribution in [0, 0.1) is 0 Å². The van der Waals surface area contributed by atoms with Crippen LogP contribution in [0.15, 0.2) is 28.4 Å². The van der Waals surface area contributed by atoms with E-state index in [0.717, 1.165) is 0 Å². The maximum Gasteiger partial charge on any atom is 0.0849 e. The van der Waals surface area contributed by atoms with Gasteiger partial charge in [0, 0.05) is 26.3 Å². The number of benzene rings is 1. The van der Waals surface area contributed by atoms with Gasteiger partial charge in [-0.1, -0.05) is 12.1 Å². The molecule has 0 bridgehead atoms.